The molecule has 0 aliphatic carbocycles. The summed E-state index contributed by atoms with van der Waals surface area (Å²) < 4.78 is 14.1. The minimum Gasteiger partial charge on any atom is -0.334 e. The van der Waals surface area contributed by atoms with Crippen molar-refractivity contribution in [3.05, 3.63) is 40.4 Å². The fraction of sp³-hybridized carbons (Fsp3) is 0.389. The van der Waals surface area contributed by atoms with Gasteiger partial charge in [-0.25, -0.2) is 4.39 Å². The molecule has 138 valence electrons. The van der Waals surface area contributed by atoms with Crippen LogP contribution in [-0.4, -0.2) is 28.7 Å². The van der Waals surface area contributed by atoms with Crippen LogP contribution in [0, 0.1) is 5.82 Å². The highest BCUT2D eigenvalue weighted by atomic mass is 35.5. The van der Waals surface area contributed by atoms with E-state index in [1.165, 1.54) is 12.4 Å². The van der Waals surface area contributed by atoms with Crippen LogP contribution in [0.1, 0.15) is 45.1 Å². The summed E-state index contributed by atoms with van der Waals surface area (Å²) >= 11 is 13.0. The molecule has 0 amide bonds. The molecule has 1 N–H and O–H groups in total. The number of aliphatic imine (C=N–C) groups is 2. The van der Waals surface area contributed by atoms with Gasteiger partial charge in [-0.15, -0.1) is 0 Å². The number of rotatable bonds is 7. The van der Waals surface area contributed by atoms with E-state index in [2.05, 4.69) is 34.3 Å². The molecule has 0 spiro atoms. The van der Waals surface area contributed by atoms with E-state index in [9.17, 15) is 4.39 Å². The van der Waals surface area contributed by atoms with E-state index in [-0.39, 0.29) is 11.6 Å². The third-order valence-corrected chi connectivity index (χ3v) is 5.20. The van der Waals surface area contributed by atoms with Crippen LogP contribution in [0.25, 0.3) is 5.57 Å². The number of nitrogens with zero attached hydrogens (tertiary/aromatic N) is 4. The van der Waals surface area contributed by atoms with Gasteiger partial charge in [-0.1, -0.05) is 44.4 Å². The normalized spacial score (nSPS) is 22.4. The van der Waals surface area contributed by atoms with E-state index in [0.717, 1.165) is 25.7 Å². The van der Waals surface area contributed by atoms with Crippen molar-refractivity contribution in [1.29, 1.82) is 0 Å². The summed E-state index contributed by atoms with van der Waals surface area (Å²) in [4.78, 5) is 8.38. The first-order valence-corrected chi connectivity index (χ1v) is 9.43. The summed E-state index contributed by atoms with van der Waals surface area (Å²) in [6.45, 7) is 4.25. The first kappa shape index (κ1) is 19.0. The van der Waals surface area contributed by atoms with Gasteiger partial charge in [0, 0.05) is 15.7 Å². The van der Waals surface area contributed by atoms with E-state index in [1.54, 1.807) is 18.3 Å². The highest BCUT2D eigenvalue weighted by molar-refractivity contribution is 6.34. The molecule has 2 heterocycles. The summed E-state index contributed by atoms with van der Waals surface area (Å²) in [7, 11) is 0. The van der Waals surface area contributed by atoms with Crippen molar-refractivity contribution in [2.45, 2.75) is 45.6 Å². The number of hydrogen-bond acceptors (Lipinski definition) is 4. The number of allylic oxidation sites excluding steroid dienone is 1. The third-order valence-electron chi connectivity index (χ3n) is 4.48. The Kier molecular flexibility index (Phi) is 5.75. The smallest absolute Gasteiger partial charge is 0.334 e. The third kappa shape index (κ3) is 3.41. The minimum absolute atomic E-state index is 0.169. The Morgan fingerprint density at radius 3 is 2.81 bits per heavy atom. The highest BCUT2D eigenvalue weighted by Crippen LogP contribution is 2.38. The van der Waals surface area contributed by atoms with Crippen molar-refractivity contribution in [3.8, 4) is 0 Å². The van der Waals surface area contributed by atoms with Gasteiger partial charge in [0.25, 0.3) is 5.82 Å². The summed E-state index contributed by atoms with van der Waals surface area (Å²) in [5.74, 6) is 0.395. The van der Waals surface area contributed by atoms with Crippen molar-refractivity contribution in [1.82, 2.24) is 5.32 Å². The molecule has 1 aromatic rings. The average Bonchev–Trinajstić information content (AvgIpc) is 3.01. The van der Waals surface area contributed by atoms with E-state index in [1.807, 2.05) is 0 Å². The summed E-state index contributed by atoms with van der Waals surface area (Å²) in [6, 6.07) is 4.74. The predicted octanol–water partition coefficient (Wildman–Crippen LogP) is 5.07. The fourth-order valence-corrected chi connectivity index (χ4v) is 3.54. The maximum atomic E-state index is 14.6. The van der Waals surface area contributed by atoms with Crippen LogP contribution in [-0.2, 0) is 0 Å². The molecule has 0 saturated heterocycles. The predicted molar refractivity (Wildman–Crippen MR) is 106 cm³/mol. The molecular formula is C18H21Cl2FN5+. The number of halogens is 3. The second kappa shape index (κ2) is 7.86. The molecule has 5 nitrogen and oxygen atoms in total. The molecule has 2 atom stereocenters. The second-order valence-electron chi connectivity index (χ2n) is 6.23. The van der Waals surface area contributed by atoms with Crippen LogP contribution in [0.3, 0.4) is 0 Å². The second-order valence-corrected chi connectivity index (χ2v) is 7.12. The van der Waals surface area contributed by atoms with Crippen LogP contribution in [0.2, 0.25) is 5.02 Å². The summed E-state index contributed by atoms with van der Waals surface area (Å²) in [6.07, 6.45) is 6.95. The number of benzene rings is 1. The lowest BCUT2D eigenvalue weighted by atomic mass is 10.0. The standard InChI is InChI=1S/C18H21Cl2FN5/c1-3-5-7-12(4-2)25-17-13(16-14(19)8-6-9-15(16)21)10-22-18-23-11-24-26(17,18)20/h6,8-12,25H,3-5,7H2,1-2H3/q+1. The van der Waals surface area contributed by atoms with Gasteiger partial charge >= 0.3 is 5.96 Å². The van der Waals surface area contributed by atoms with E-state index in [0.29, 0.717) is 22.4 Å². The molecule has 2 unspecified atom stereocenters. The number of unbranched alkanes of at least 4 members (excludes halogenated alkanes) is 1. The number of nitrogens with one attached hydrogen (secondary N) is 1. The molecular weight excluding hydrogens is 376 g/mol. The summed E-state index contributed by atoms with van der Waals surface area (Å²) in [5, 5.41) is 8.00. The lowest BCUT2D eigenvalue weighted by molar-refractivity contribution is -0.684. The van der Waals surface area contributed by atoms with Crippen molar-refractivity contribution in [3.63, 3.8) is 0 Å². The Balaban J connectivity index is 2.12. The number of fused-ring (bicyclic) bond motifs is 1. The van der Waals surface area contributed by atoms with Crippen molar-refractivity contribution < 1.29 is 8.50 Å². The molecule has 3 rings (SSSR count). The Labute approximate surface area is 162 Å². The minimum atomic E-state index is -0.487. The van der Waals surface area contributed by atoms with Gasteiger partial charge in [-0.2, -0.15) is 9.98 Å². The van der Waals surface area contributed by atoms with Gasteiger partial charge in [-0.05, 0) is 30.1 Å². The van der Waals surface area contributed by atoms with Crippen LogP contribution in [0.5, 0.6) is 0 Å². The van der Waals surface area contributed by atoms with Crippen molar-refractivity contribution in [2.75, 3.05) is 0 Å². The summed E-state index contributed by atoms with van der Waals surface area (Å²) in [5.41, 5.74) is 0.737. The van der Waals surface area contributed by atoms with E-state index in [4.69, 9.17) is 23.4 Å². The molecule has 2 aliphatic heterocycles. The molecule has 0 bridgehead atoms. The highest BCUT2D eigenvalue weighted by Gasteiger charge is 2.48. The number of hydrogen-bond donors (Lipinski definition) is 1. The Morgan fingerprint density at radius 1 is 1.31 bits per heavy atom. The largest absolute Gasteiger partial charge is 0.383 e. The molecule has 2 aliphatic rings. The SMILES string of the molecule is CCCCC(CC)NC1=C(c2c(F)cccc2Cl)C=NC2=NC=N[N+]21Cl. The monoisotopic (exact) mass is 396 g/mol. The van der Waals surface area contributed by atoms with Crippen LogP contribution >= 0.6 is 23.4 Å². The molecule has 0 saturated carbocycles. The lowest BCUT2D eigenvalue weighted by Gasteiger charge is -2.28. The quantitative estimate of drug-likeness (QED) is 0.642. The van der Waals surface area contributed by atoms with Crippen LogP contribution in [0.4, 0.5) is 4.39 Å². The van der Waals surface area contributed by atoms with Crippen LogP contribution < -0.4 is 5.32 Å². The first-order chi connectivity index (χ1) is 12.5. The van der Waals surface area contributed by atoms with Crippen LogP contribution in [0.15, 0.2) is 39.1 Å². The Hall–Kier alpha value is -1.76. The Morgan fingerprint density at radius 2 is 2.12 bits per heavy atom. The number of guanidine groups is 1. The molecule has 0 radical (unpaired) electrons. The van der Waals surface area contributed by atoms with Gasteiger partial charge < -0.3 is 5.32 Å². The van der Waals surface area contributed by atoms with Gasteiger partial charge in [0.1, 0.15) is 5.82 Å². The topological polar surface area (TPSA) is 49.1 Å². The maximum absolute atomic E-state index is 14.6. The first-order valence-electron chi connectivity index (χ1n) is 8.72. The number of quaternary nitrogens is 1. The van der Waals surface area contributed by atoms with Gasteiger partial charge in [0.15, 0.2) is 6.34 Å². The average molecular weight is 397 g/mol. The maximum Gasteiger partial charge on any atom is 0.383 e. The van der Waals surface area contributed by atoms with Gasteiger partial charge in [0.05, 0.1) is 16.8 Å². The zero-order chi connectivity index (χ0) is 18.7. The molecule has 26 heavy (non-hydrogen) atoms. The molecule has 8 heteroatoms. The molecule has 0 fully saturated rings. The van der Waals surface area contributed by atoms with Gasteiger partial charge in [-0.3, -0.25) is 0 Å². The van der Waals surface area contributed by atoms with Crippen molar-refractivity contribution >= 4 is 47.5 Å². The zero-order valence-corrected chi connectivity index (χ0v) is 16.2. The molecule has 1 aromatic carbocycles. The Bertz CT molecular complexity index is 798. The van der Waals surface area contributed by atoms with Crippen molar-refractivity contribution in [2.24, 2.45) is 15.1 Å². The zero-order valence-electron chi connectivity index (χ0n) is 14.7. The lowest BCUT2D eigenvalue weighted by Crippen LogP contribution is -2.47. The fourth-order valence-electron chi connectivity index (χ4n) is 3.01. The van der Waals surface area contributed by atoms with Gasteiger partial charge in [0.2, 0.25) is 11.8 Å². The van der Waals surface area contributed by atoms with E-state index >= 15 is 0 Å². The molecule has 0 aromatic heterocycles. The van der Waals surface area contributed by atoms with E-state index < -0.39 is 9.93 Å².